The summed E-state index contributed by atoms with van der Waals surface area (Å²) in [4.78, 5) is 34.7. The summed E-state index contributed by atoms with van der Waals surface area (Å²) in [7, 11) is 1.74. The zero-order chi connectivity index (χ0) is 22.1. The van der Waals surface area contributed by atoms with E-state index in [9.17, 15) is 9.59 Å². The van der Waals surface area contributed by atoms with Crippen LogP contribution in [0.15, 0.2) is 27.8 Å². The molecule has 0 atom stereocenters. The van der Waals surface area contributed by atoms with Crippen LogP contribution >= 0.6 is 0 Å². The molecule has 1 aliphatic heterocycles. The molecule has 1 aromatic rings. The lowest BCUT2D eigenvalue weighted by Gasteiger charge is -2.36. The second-order valence-corrected chi connectivity index (χ2v) is 8.20. The molecule has 1 fully saturated rings. The number of amides is 2. The number of piperazine rings is 1. The van der Waals surface area contributed by atoms with E-state index in [2.05, 4.69) is 15.2 Å². The fraction of sp³-hybridized carbons (Fsp3) is 0.667. The predicted molar refractivity (Wildman–Crippen MR) is 116 cm³/mol. The Balaban J connectivity index is 1.81. The lowest BCUT2D eigenvalue weighted by molar-refractivity contribution is 0.0253. The van der Waals surface area contributed by atoms with E-state index in [0.717, 1.165) is 12.4 Å². The minimum atomic E-state index is -0.515. The van der Waals surface area contributed by atoms with Crippen molar-refractivity contribution in [3.63, 3.8) is 0 Å². The molecule has 9 nitrogen and oxygen atoms in total. The lowest BCUT2D eigenvalue weighted by Crippen LogP contribution is -2.54. The van der Waals surface area contributed by atoms with Crippen molar-refractivity contribution >= 4 is 18.0 Å². The number of hydrogen-bond donors (Lipinski definition) is 1. The first-order valence-electron chi connectivity index (χ1n) is 10.5. The van der Waals surface area contributed by atoms with E-state index < -0.39 is 5.60 Å². The van der Waals surface area contributed by atoms with Crippen LogP contribution in [0.3, 0.4) is 0 Å². The van der Waals surface area contributed by atoms with E-state index in [1.54, 1.807) is 29.0 Å². The Hall–Kier alpha value is -2.71. The molecule has 30 heavy (non-hydrogen) atoms. The number of ether oxygens (including phenoxy) is 1. The molecule has 0 unspecified atom stereocenters. The van der Waals surface area contributed by atoms with Gasteiger partial charge in [0.1, 0.15) is 5.60 Å². The van der Waals surface area contributed by atoms with Gasteiger partial charge in [-0.3, -0.25) is 9.79 Å². The van der Waals surface area contributed by atoms with Gasteiger partial charge in [0.15, 0.2) is 11.7 Å². The molecule has 2 heterocycles. The first-order chi connectivity index (χ1) is 14.2. The molecule has 0 aliphatic carbocycles. The molecule has 0 bridgehead atoms. The molecule has 1 N–H and O–H groups in total. The van der Waals surface area contributed by atoms with Crippen molar-refractivity contribution in [1.82, 2.24) is 20.0 Å². The summed E-state index contributed by atoms with van der Waals surface area (Å²) in [5.74, 6) is 1.04. The smallest absolute Gasteiger partial charge is 0.410 e. The molecule has 1 aromatic heterocycles. The van der Waals surface area contributed by atoms with Crippen molar-refractivity contribution in [3.8, 4) is 0 Å². The summed E-state index contributed by atoms with van der Waals surface area (Å²) in [6.45, 7) is 11.9. The number of guanidine groups is 1. The van der Waals surface area contributed by atoms with Gasteiger partial charge in [-0.25, -0.2) is 4.79 Å². The number of hydrogen-bond acceptors (Lipinski definition) is 5. The van der Waals surface area contributed by atoms with E-state index in [1.165, 1.54) is 6.26 Å². The number of furan rings is 1. The molecule has 1 aliphatic rings. The van der Waals surface area contributed by atoms with E-state index in [1.807, 2.05) is 27.7 Å². The van der Waals surface area contributed by atoms with E-state index >= 15 is 0 Å². The third-order valence-electron chi connectivity index (χ3n) is 4.62. The summed E-state index contributed by atoms with van der Waals surface area (Å²) in [6, 6.07) is 3.40. The Morgan fingerprint density at radius 3 is 2.40 bits per heavy atom. The van der Waals surface area contributed by atoms with Crippen LogP contribution in [0.4, 0.5) is 4.79 Å². The van der Waals surface area contributed by atoms with Crippen molar-refractivity contribution in [2.45, 2.75) is 39.7 Å². The molecule has 168 valence electrons. The highest BCUT2D eigenvalue weighted by Gasteiger charge is 2.25. The average Bonchev–Trinajstić information content (AvgIpc) is 3.23. The van der Waals surface area contributed by atoms with Gasteiger partial charge in [0.05, 0.1) is 6.26 Å². The molecule has 0 spiro atoms. The van der Waals surface area contributed by atoms with Gasteiger partial charge in [0, 0.05) is 52.9 Å². The van der Waals surface area contributed by atoms with Crippen molar-refractivity contribution in [2.24, 2.45) is 4.99 Å². The summed E-state index contributed by atoms with van der Waals surface area (Å²) < 4.78 is 10.7. The third kappa shape index (κ3) is 6.96. The maximum atomic E-state index is 12.4. The highest BCUT2D eigenvalue weighted by Crippen LogP contribution is 2.11. The molecule has 2 amide bonds. The summed E-state index contributed by atoms with van der Waals surface area (Å²) in [6.07, 6.45) is 2.07. The Kier molecular flexibility index (Phi) is 8.56. The molecule has 0 aromatic carbocycles. The first kappa shape index (κ1) is 23.6. The van der Waals surface area contributed by atoms with E-state index in [0.29, 0.717) is 51.6 Å². The van der Waals surface area contributed by atoms with Crippen LogP contribution < -0.4 is 5.32 Å². The number of nitrogens with zero attached hydrogens (tertiary/aromatic N) is 4. The number of aliphatic imine (C=N–C) groups is 1. The number of rotatable bonds is 6. The fourth-order valence-corrected chi connectivity index (χ4v) is 3.20. The van der Waals surface area contributed by atoms with Crippen molar-refractivity contribution in [1.29, 1.82) is 0 Å². The third-order valence-corrected chi connectivity index (χ3v) is 4.62. The number of carbonyl (C=O) groups is 2. The van der Waals surface area contributed by atoms with E-state index in [-0.39, 0.29) is 12.0 Å². The van der Waals surface area contributed by atoms with Crippen LogP contribution in [-0.4, -0.2) is 91.1 Å². The van der Waals surface area contributed by atoms with Gasteiger partial charge in [0.2, 0.25) is 0 Å². The van der Waals surface area contributed by atoms with Crippen LogP contribution in [-0.2, 0) is 4.74 Å². The highest BCUT2D eigenvalue weighted by molar-refractivity contribution is 5.91. The lowest BCUT2D eigenvalue weighted by atomic mass is 10.2. The van der Waals surface area contributed by atoms with Gasteiger partial charge in [-0.2, -0.15) is 0 Å². The summed E-state index contributed by atoms with van der Waals surface area (Å²) >= 11 is 0. The largest absolute Gasteiger partial charge is 0.459 e. The van der Waals surface area contributed by atoms with Crippen LogP contribution in [0.2, 0.25) is 0 Å². The van der Waals surface area contributed by atoms with Crippen LogP contribution in [0.5, 0.6) is 0 Å². The molecular weight excluding hydrogens is 386 g/mol. The van der Waals surface area contributed by atoms with Crippen LogP contribution in [0.25, 0.3) is 0 Å². The van der Waals surface area contributed by atoms with Gasteiger partial charge >= 0.3 is 6.09 Å². The topological polar surface area (TPSA) is 90.6 Å². The van der Waals surface area contributed by atoms with Gasteiger partial charge < -0.3 is 29.2 Å². The van der Waals surface area contributed by atoms with Crippen molar-refractivity contribution < 1.29 is 18.7 Å². The summed E-state index contributed by atoms with van der Waals surface area (Å²) in [5, 5.41) is 3.32. The molecular formula is C21H35N5O4. The maximum absolute atomic E-state index is 12.4. The Labute approximate surface area is 179 Å². The second kappa shape index (κ2) is 10.9. The quantitative estimate of drug-likeness (QED) is 0.560. The first-order valence-corrected chi connectivity index (χ1v) is 10.5. The van der Waals surface area contributed by atoms with Crippen LogP contribution in [0.1, 0.15) is 44.7 Å². The second-order valence-electron chi connectivity index (χ2n) is 8.20. The Bertz CT molecular complexity index is 703. The molecule has 9 heteroatoms. The monoisotopic (exact) mass is 421 g/mol. The normalized spacial score (nSPS) is 15.2. The fourth-order valence-electron chi connectivity index (χ4n) is 3.20. The van der Waals surface area contributed by atoms with Gasteiger partial charge in [-0.05, 0) is 39.3 Å². The van der Waals surface area contributed by atoms with Crippen LogP contribution in [0, 0.1) is 0 Å². The van der Waals surface area contributed by atoms with E-state index in [4.69, 9.17) is 9.15 Å². The van der Waals surface area contributed by atoms with Crippen molar-refractivity contribution in [3.05, 3.63) is 24.2 Å². The Morgan fingerprint density at radius 1 is 1.20 bits per heavy atom. The van der Waals surface area contributed by atoms with Crippen molar-refractivity contribution in [2.75, 3.05) is 52.9 Å². The molecule has 0 saturated carbocycles. The number of nitrogens with one attached hydrogen (secondary N) is 1. The Morgan fingerprint density at radius 2 is 1.87 bits per heavy atom. The van der Waals surface area contributed by atoms with Gasteiger partial charge in [-0.15, -0.1) is 0 Å². The predicted octanol–water partition coefficient (Wildman–Crippen LogP) is 2.26. The molecule has 0 radical (unpaired) electrons. The van der Waals surface area contributed by atoms with Gasteiger partial charge in [0.25, 0.3) is 5.91 Å². The number of carbonyl (C=O) groups excluding carboxylic acids is 2. The molecule has 1 saturated heterocycles. The molecule has 2 rings (SSSR count). The zero-order valence-corrected chi connectivity index (χ0v) is 18.8. The zero-order valence-electron chi connectivity index (χ0n) is 18.8. The highest BCUT2D eigenvalue weighted by atomic mass is 16.6. The minimum absolute atomic E-state index is 0.0878. The van der Waals surface area contributed by atoms with Gasteiger partial charge in [-0.1, -0.05) is 6.92 Å². The minimum Gasteiger partial charge on any atom is -0.459 e. The SMILES string of the molecule is CCCN(CCNC(=NC)N1CCN(C(=O)c2ccco2)CC1)C(=O)OC(C)(C)C. The summed E-state index contributed by atoms with van der Waals surface area (Å²) in [5.41, 5.74) is -0.515. The average molecular weight is 422 g/mol. The maximum Gasteiger partial charge on any atom is 0.410 e. The standard InChI is InChI=1S/C21H35N5O4/c1-6-10-26(20(28)30-21(2,3)4)11-9-23-19(22-5)25-14-12-24(13-15-25)18(27)17-8-7-16-29-17/h7-8,16H,6,9-15H2,1-5H3,(H,22,23).